The minimum absolute atomic E-state index is 0.0254. The molecule has 4 aromatic carbocycles. The summed E-state index contributed by atoms with van der Waals surface area (Å²) in [5.74, 6) is 0. The lowest BCUT2D eigenvalue weighted by Gasteiger charge is -1.99. The van der Waals surface area contributed by atoms with Gasteiger partial charge in [0, 0.05) is 0 Å². The molecule has 10 heteroatoms. The van der Waals surface area contributed by atoms with Gasteiger partial charge in [-0.15, -0.1) is 0 Å². The second-order valence-electron chi connectivity index (χ2n) is 8.84. The van der Waals surface area contributed by atoms with Crippen molar-refractivity contribution in [2.45, 2.75) is 6.54 Å². The number of hydrogen-bond donors (Lipinski definition) is 0. The number of aromatic nitrogens is 6. The highest BCUT2D eigenvalue weighted by molar-refractivity contribution is 7.12. The van der Waals surface area contributed by atoms with E-state index in [1.54, 1.807) is 16.7 Å². The lowest BCUT2D eigenvalue weighted by atomic mass is 10.2. The summed E-state index contributed by atoms with van der Waals surface area (Å²) in [5, 5.41) is 0. The first-order valence-corrected chi connectivity index (χ1v) is 13.8. The molecule has 0 aliphatic rings. The summed E-state index contributed by atoms with van der Waals surface area (Å²) in [6.07, 6.45) is 0. The molecule has 0 atom stereocenters. The summed E-state index contributed by atoms with van der Waals surface area (Å²) in [7, 11) is 0. The van der Waals surface area contributed by atoms with Gasteiger partial charge < -0.3 is 0 Å². The van der Waals surface area contributed by atoms with Gasteiger partial charge in [0.25, 0.3) is 0 Å². The predicted molar refractivity (Wildman–Crippen MR) is 157 cm³/mol. The number of nitrogens with zero attached hydrogens (tertiary/aromatic N) is 6. The molecule has 0 amide bonds. The van der Waals surface area contributed by atoms with E-state index in [4.69, 9.17) is 0 Å². The highest BCUT2D eigenvalue weighted by Crippen LogP contribution is 2.20. The van der Waals surface area contributed by atoms with Crippen LogP contribution in [-0.4, -0.2) is 26.7 Å². The second-order valence-corrected chi connectivity index (χ2v) is 10.7. The smallest absolute Gasteiger partial charge is 0.246 e. The molecule has 4 aromatic heterocycles. The minimum Gasteiger partial charge on any atom is -0.246 e. The number of para-hydroxylation sites is 5. The van der Waals surface area contributed by atoms with Crippen molar-refractivity contribution in [2.75, 3.05) is 0 Å². The third kappa shape index (κ3) is 4.06. The summed E-state index contributed by atoms with van der Waals surface area (Å²) >= 11 is 2.76. The summed E-state index contributed by atoms with van der Waals surface area (Å²) in [6, 6.07) is 35.0. The van der Waals surface area contributed by atoms with Gasteiger partial charge in [0.2, 0.25) is 9.92 Å². The standard InChI is InChI=1S/C15H11N3OS.C14H9N3OS/c19-15-17(10-11-6-2-1-3-7-11)20-14-16-12-8-4-5-9-13(12)18(14)15;18-14-16-12-9-5-4-8-11(12)15-13(16)19-17(14)10-6-2-1-3-7-10/h1-9H,10H2;1-9H. The van der Waals surface area contributed by atoms with Gasteiger partial charge in [-0.25, -0.2) is 36.3 Å². The van der Waals surface area contributed by atoms with Gasteiger partial charge in [0.1, 0.15) is 0 Å². The fraction of sp³-hybridized carbons (Fsp3) is 0.0345. The second kappa shape index (κ2) is 9.50. The summed E-state index contributed by atoms with van der Waals surface area (Å²) in [5.41, 5.74) is 5.33. The molecule has 0 radical (unpaired) electrons. The zero-order valence-electron chi connectivity index (χ0n) is 20.4. The zero-order chi connectivity index (χ0) is 26.3. The van der Waals surface area contributed by atoms with Crippen molar-refractivity contribution in [3.63, 3.8) is 0 Å². The van der Waals surface area contributed by atoms with E-state index in [9.17, 15) is 9.59 Å². The monoisotopic (exact) mass is 548 g/mol. The molecule has 0 bridgehead atoms. The molecule has 0 saturated heterocycles. The molecule has 0 spiro atoms. The van der Waals surface area contributed by atoms with Gasteiger partial charge in [0.15, 0.2) is 0 Å². The van der Waals surface area contributed by atoms with E-state index in [0.717, 1.165) is 43.2 Å². The number of hydrogen-bond acceptors (Lipinski definition) is 6. The Labute approximate surface area is 229 Å². The van der Waals surface area contributed by atoms with Crippen LogP contribution in [0.4, 0.5) is 0 Å². The number of fused-ring (bicyclic) bond motifs is 6. The Bertz CT molecular complexity index is 2200. The van der Waals surface area contributed by atoms with E-state index < -0.39 is 0 Å². The quantitative estimate of drug-likeness (QED) is 0.294. The van der Waals surface area contributed by atoms with Crippen molar-refractivity contribution in [1.29, 1.82) is 0 Å². The van der Waals surface area contributed by atoms with Crippen LogP contribution in [0.5, 0.6) is 0 Å². The fourth-order valence-corrected chi connectivity index (χ4v) is 6.45. The molecule has 8 rings (SSSR count). The topological polar surface area (TPSA) is 78.6 Å². The van der Waals surface area contributed by atoms with E-state index in [1.807, 2.05) is 109 Å². The Balaban J connectivity index is 0.000000130. The van der Waals surface area contributed by atoms with Gasteiger partial charge in [-0.3, -0.25) is 0 Å². The molecule has 8 nitrogen and oxygen atoms in total. The maximum absolute atomic E-state index is 12.5. The molecule has 0 saturated carbocycles. The maximum atomic E-state index is 12.5. The van der Waals surface area contributed by atoms with Crippen LogP contribution in [0.3, 0.4) is 0 Å². The Morgan fingerprint density at radius 2 is 1.08 bits per heavy atom. The third-order valence-corrected chi connectivity index (χ3v) is 8.28. The molecule has 4 heterocycles. The largest absolute Gasteiger partial charge is 0.349 e. The highest BCUT2D eigenvalue weighted by Gasteiger charge is 2.14. The van der Waals surface area contributed by atoms with Gasteiger partial charge in [-0.2, -0.15) is 0 Å². The first-order valence-electron chi connectivity index (χ1n) is 12.2. The molecule has 39 heavy (non-hydrogen) atoms. The van der Waals surface area contributed by atoms with E-state index in [1.165, 1.54) is 23.1 Å². The van der Waals surface area contributed by atoms with Crippen LogP contribution >= 0.6 is 23.1 Å². The first kappa shape index (κ1) is 23.3. The summed E-state index contributed by atoms with van der Waals surface area (Å²) in [4.78, 5) is 35.4. The van der Waals surface area contributed by atoms with Crippen molar-refractivity contribution in [3.05, 3.63) is 136 Å². The zero-order valence-corrected chi connectivity index (χ0v) is 22.0. The van der Waals surface area contributed by atoms with Crippen LogP contribution in [0, 0.1) is 0 Å². The van der Waals surface area contributed by atoms with E-state index >= 15 is 0 Å². The van der Waals surface area contributed by atoms with Crippen molar-refractivity contribution in [1.82, 2.24) is 26.7 Å². The van der Waals surface area contributed by atoms with Crippen LogP contribution in [0.15, 0.2) is 119 Å². The van der Waals surface area contributed by atoms with Crippen LogP contribution in [-0.2, 0) is 6.54 Å². The Hall–Kier alpha value is -4.80. The van der Waals surface area contributed by atoms with Crippen molar-refractivity contribution in [3.8, 4) is 5.69 Å². The van der Waals surface area contributed by atoms with Crippen LogP contribution in [0.25, 0.3) is 37.7 Å². The molecule has 190 valence electrons. The Kier molecular flexibility index (Phi) is 5.68. The normalized spacial score (nSPS) is 11.4. The Morgan fingerprint density at radius 3 is 1.72 bits per heavy atom. The summed E-state index contributed by atoms with van der Waals surface area (Å²) < 4.78 is 6.74. The van der Waals surface area contributed by atoms with Crippen LogP contribution in [0.2, 0.25) is 0 Å². The first-order chi connectivity index (χ1) is 19.2. The molecule has 0 aliphatic heterocycles. The average molecular weight is 549 g/mol. The highest BCUT2D eigenvalue weighted by atomic mass is 32.1. The third-order valence-electron chi connectivity index (χ3n) is 6.35. The van der Waals surface area contributed by atoms with Crippen LogP contribution in [0.1, 0.15) is 5.56 Å². The Morgan fingerprint density at radius 1 is 0.564 bits per heavy atom. The molecular formula is C29H20N6O2S2. The SMILES string of the molecule is O=c1n(-c2ccccc2)sc2nc3ccccc3n12.O=c1n(Cc2ccccc2)sc2nc3ccccc3n12. The van der Waals surface area contributed by atoms with Crippen molar-refractivity contribution < 1.29 is 0 Å². The molecule has 0 N–H and O–H groups in total. The molecular weight excluding hydrogens is 528 g/mol. The van der Waals surface area contributed by atoms with Crippen LogP contribution < -0.4 is 11.4 Å². The van der Waals surface area contributed by atoms with Gasteiger partial charge in [0.05, 0.1) is 34.3 Å². The predicted octanol–water partition coefficient (Wildman–Crippen LogP) is 5.46. The lowest BCUT2D eigenvalue weighted by Crippen LogP contribution is -2.19. The lowest BCUT2D eigenvalue weighted by molar-refractivity contribution is 0.810. The van der Waals surface area contributed by atoms with E-state index in [0.29, 0.717) is 6.54 Å². The molecule has 0 fully saturated rings. The van der Waals surface area contributed by atoms with E-state index in [2.05, 4.69) is 9.97 Å². The van der Waals surface area contributed by atoms with Gasteiger partial charge in [-0.05, 0) is 65.0 Å². The minimum atomic E-state index is -0.0695. The van der Waals surface area contributed by atoms with Crippen molar-refractivity contribution >= 4 is 55.1 Å². The summed E-state index contributed by atoms with van der Waals surface area (Å²) in [6.45, 7) is 0.585. The fourth-order valence-electron chi connectivity index (χ4n) is 4.54. The number of benzene rings is 4. The molecule has 8 aromatic rings. The molecule has 0 unspecified atom stereocenters. The van der Waals surface area contributed by atoms with Gasteiger partial charge >= 0.3 is 11.4 Å². The number of rotatable bonds is 3. The van der Waals surface area contributed by atoms with Gasteiger partial charge in [-0.1, -0.05) is 72.8 Å². The average Bonchev–Trinajstić information content (AvgIpc) is 3.70. The molecule has 0 aliphatic carbocycles. The number of imidazole rings is 2. The van der Waals surface area contributed by atoms with E-state index in [-0.39, 0.29) is 11.4 Å². The maximum Gasteiger partial charge on any atom is 0.349 e. The van der Waals surface area contributed by atoms with Crippen molar-refractivity contribution in [2.24, 2.45) is 0 Å².